The molecule has 0 bridgehead atoms. The van der Waals surface area contributed by atoms with Gasteiger partial charge in [0.2, 0.25) is 5.78 Å². The van der Waals surface area contributed by atoms with Crippen LogP contribution in [-0.4, -0.2) is 16.2 Å². The maximum Gasteiger partial charge on any atom is 0.210 e. The van der Waals surface area contributed by atoms with Crippen molar-refractivity contribution in [3.63, 3.8) is 0 Å². The molecule has 0 saturated carbocycles. The molecule has 0 atom stereocenters. The van der Waals surface area contributed by atoms with Crippen LogP contribution < -0.4 is 0 Å². The van der Waals surface area contributed by atoms with E-state index in [0.717, 1.165) is 0 Å². The maximum atomic E-state index is 11.5. The van der Waals surface area contributed by atoms with E-state index < -0.39 is 0 Å². The van der Waals surface area contributed by atoms with Gasteiger partial charge in [-0.25, -0.2) is 0 Å². The first-order chi connectivity index (χ1) is 6.15. The van der Waals surface area contributed by atoms with Crippen molar-refractivity contribution >= 4 is 45.6 Å². The molecule has 0 fully saturated rings. The van der Waals surface area contributed by atoms with Crippen LogP contribution in [0.15, 0.2) is 24.3 Å². The molecule has 0 aliphatic carbocycles. The fourth-order valence-electron chi connectivity index (χ4n) is 0.812. The van der Waals surface area contributed by atoms with Crippen LogP contribution in [0.4, 0.5) is 0 Å². The van der Waals surface area contributed by atoms with E-state index in [9.17, 15) is 4.79 Å². The summed E-state index contributed by atoms with van der Waals surface area (Å²) in [6.07, 6.45) is 1.79. The first-order valence-corrected chi connectivity index (χ1v) is 5.54. The highest BCUT2D eigenvalue weighted by molar-refractivity contribution is 8.24. The van der Waals surface area contributed by atoms with Crippen molar-refractivity contribution in [2.24, 2.45) is 0 Å². The standard InChI is InChI=1S/C9H7ClOS2/c1-13-9(12)8(11)6-2-4-7(10)5-3-6/h2-5H,1H3. The molecule has 0 aliphatic heterocycles. The topological polar surface area (TPSA) is 17.1 Å². The monoisotopic (exact) mass is 230 g/mol. The van der Waals surface area contributed by atoms with Gasteiger partial charge in [0, 0.05) is 10.6 Å². The normalized spacial score (nSPS) is 9.69. The fourth-order valence-corrected chi connectivity index (χ4v) is 1.36. The van der Waals surface area contributed by atoms with Gasteiger partial charge in [0.1, 0.15) is 4.20 Å². The minimum atomic E-state index is -0.112. The van der Waals surface area contributed by atoms with Crippen LogP contribution in [0, 0.1) is 0 Å². The third-order valence-electron chi connectivity index (χ3n) is 1.48. The first kappa shape index (κ1) is 10.7. The molecule has 1 aromatic rings. The van der Waals surface area contributed by atoms with Crippen molar-refractivity contribution < 1.29 is 4.79 Å². The van der Waals surface area contributed by atoms with Crippen LogP contribution in [0.3, 0.4) is 0 Å². The number of carbonyl (C=O) groups is 1. The Kier molecular flexibility index (Phi) is 3.90. The number of rotatable bonds is 2. The van der Waals surface area contributed by atoms with Gasteiger partial charge in [0.05, 0.1) is 0 Å². The fraction of sp³-hybridized carbons (Fsp3) is 0.111. The van der Waals surface area contributed by atoms with Crippen LogP contribution in [-0.2, 0) is 0 Å². The van der Waals surface area contributed by atoms with E-state index in [2.05, 4.69) is 0 Å². The molecule has 1 nitrogen and oxygen atoms in total. The van der Waals surface area contributed by atoms with Gasteiger partial charge in [-0.15, -0.1) is 11.8 Å². The molecule has 68 valence electrons. The van der Waals surface area contributed by atoms with Crippen molar-refractivity contribution in [3.05, 3.63) is 34.9 Å². The minimum absolute atomic E-state index is 0.112. The molecular weight excluding hydrogens is 224 g/mol. The summed E-state index contributed by atoms with van der Waals surface area (Å²) in [5, 5.41) is 0.617. The van der Waals surface area contributed by atoms with Crippen LogP contribution in [0.1, 0.15) is 10.4 Å². The molecule has 0 aliphatic rings. The highest BCUT2D eigenvalue weighted by Gasteiger charge is 2.09. The van der Waals surface area contributed by atoms with E-state index in [0.29, 0.717) is 14.8 Å². The lowest BCUT2D eigenvalue weighted by atomic mass is 10.1. The Bertz CT molecular complexity index is 332. The van der Waals surface area contributed by atoms with Gasteiger partial charge in [0.15, 0.2) is 0 Å². The second-order valence-corrected chi connectivity index (χ2v) is 4.25. The summed E-state index contributed by atoms with van der Waals surface area (Å²) in [4.78, 5) is 11.5. The van der Waals surface area contributed by atoms with Gasteiger partial charge in [-0.05, 0) is 30.5 Å². The number of halogens is 1. The van der Waals surface area contributed by atoms with Crippen molar-refractivity contribution in [3.8, 4) is 0 Å². The Balaban J connectivity index is 2.90. The Labute approximate surface area is 91.5 Å². The Morgan fingerprint density at radius 2 is 1.92 bits per heavy atom. The summed E-state index contributed by atoms with van der Waals surface area (Å²) in [6.45, 7) is 0. The number of carbonyl (C=O) groups excluding carboxylic acids is 1. The Hall–Kier alpha value is -0.380. The van der Waals surface area contributed by atoms with Gasteiger partial charge in [-0.3, -0.25) is 4.79 Å². The smallest absolute Gasteiger partial charge is 0.210 e. The maximum absolute atomic E-state index is 11.5. The summed E-state index contributed by atoms with van der Waals surface area (Å²) in [6, 6.07) is 6.70. The Morgan fingerprint density at radius 1 is 1.38 bits per heavy atom. The predicted molar refractivity (Wildman–Crippen MR) is 61.9 cm³/mol. The lowest BCUT2D eigenvalue weighted by Gasteiger charge is -1.99. The molecule has 4 heteroatoms. The second kappa shape index (κ2) is 4.74. The average molecular weight is 231 g/mol. The summed E-state index contributed by atoms with van der Waals surface area (Å²) in [5.74, 6) is -0.112. The van der Waals surface area contributed by atoms with E-state index in [-0.39, 0.29) is 5.78 Å². The first-order valence-electron chi connectivity index (χ1n) is 3.53. The van der Waals surface area contributed by atoms with Crippen LogP contribution in [0.2, 0.25) is 5.02 Å². The van der Waals surface area contributed by atoms with Crippen LogP contribution in [0.25, 0.3) is 0 Å². The third kappa shape index (κ3) is 2.79. The molecule has 0 unspecified atom stereocenters. The molecule has 0 heterocycles. The summed E-state index contributed by atoms with van der Waals surface area (Å²) in [7, 11) is 0. The van der Waals surface area contributed by atoms with E-state index in [4.69, 9.17) is 23.8 Å². The molecule has 13 heavy (non-hydrogen) atoms. The molecule has 0 spiro atoms. The highest BCUT2D eigenvalue weighted by atomic mass is 35.5. The minimum Gasteiger partial charge on any atom is -0.287 e. The van der Waals surface area contributed by atoms with E-state index in [1.807, 2.05) is 0 Å². The number of benzene rings is 1. The van der Waals surface area contributed by atoms with Crippen molar-refractivity contribution in [2.45, 2.75) is 0 Å². The van der Waals surface area contributed by atoms with Gasteiger partial charge in [-0.1, -0.05) is 23.8 Å². The zero-order valence-corrected chi connectivity index (χ0v) is 9.30. The van der Waals surface area contributed by atoms with E-state index >= 15 is 0 Å². The van der Waals surface area contributed by atoms with E-state index in [1.165, 1.54) is 11.8 Å². The van der Waals surface area contributed by atoms with Gasteiger partial charge >= 0.3 is 0 Å². The predicted octanol–water partition coefficient (Wildman–Crippen LogP) is 3.21. The average Bonchev–Trinajstić information content (AvgIpc) is 2.17. The zero-order valence-electron chi connectivity index (χ0n) is 6.91. The molecule has 0 radical (unpaired) electrons. The van der Waals surface area contributed by atoms with E-state index in [1.54, 1.807) is 30.5 Å². The number of ketones is 1. The third-order valence-corrected chi connectivity index (χ3v) is 2.97. The summed E-state index contributed by atoms with van der Waals surface area (Å²) in [5.41, 5.74) is 0.587. The van der Waals surface area contributed by atoms with Crippen LogP contribution >= 0.6 is 35.6 Å². The lowest BCUT2D eigenvalue weighted by molar-refractivity contribution is 0.107. The number of Topliss-reactive ketones (excluding diaryl/α,β-unsaturated/α-hetero) is 1. The Morgan fingerprint density at radius 3 is 2.38 bits per heavy atom. The van der Waals surface area contributed by atoms with Gasteiger partial charge in [0.25, 0.3) is 0 Å². The van der Waals surface area contributed by atoms with Crippen molar-refractivity contribution in [1.29, 1.82) is 0 Å². The molecule has 0 amide bonds. The highest BCUT2D eigenvalue weighted by Crippen LogP contribution is 2.12. The SMILES string of the molecule is CSC(=S)C(=O)c1ccc(Cl)cc1. The van der Waals surface area contributed by atoms with Crippen LogP contribution in [0.5, 0.6) is 0 Å². The second-order valence-electron chi connectivity index (χ2n) is 2.33. The molecule has 0 N–H and O–H groups in total. The van der Waals surface area contributed by atoms with Crippen molar-refractivity contribution in [2.75, 3.05) is 6.26 Å². The number of hydrogen-bond acceptors (Lipinski definition) is 3. The zero-order chi connectivity index (χ0) is 9.84. The van der Waals surface area contributed by atoms with Gasteiger partial charge in [-0.2, -0.15) is 0 Å². The lowest BCUT2D eigenvalue weighted by Crippen LogP contribution is -2.07. The largest absolute Gasteiger partial charge is 0.287 e. The quantitative estimate of drug-likeness (QED) is 0.574. The number of hydrogen-bond donors (Lipinski definition) is 0. The summed E-state index contributed by atoms with van der Waals surface area (Å²) >= 11 is 11.8. The molecule has 0 aromatic heterocycles. The molecule has 1 aromatic carbocycles. The van der Waals surface area contributed by atoms with Gasteiger partial charge < -0.3 is 0 Å². The summed E-state index contributed by atoms with van der Waals surface area (Å²) < 4.78 is 0.377. The molecule has 1 rings (SSSR count). The molecule has 0 saturated heterocycles. The van der Waals surface area contributed by atoms with Crippen molar-refractivity contribution in [1.82, 2.24) is 0 Å². The number of thiocarbonyl (C=S) groups is 1. The number of thioether (sulfide) groups is 1. The molecular formula is C9H7ClOS2.